The molecule has 1 aliphatic rings. The summed E-state index contributed by atoms with van der Waals surface area (Å²) in [4.78, 5) is 26.4. The predicted octanol–water partition coefficient (Wildman–Crippen LogP) is -0.356. The number of hydrogen-bond acceptors (Lipinski definition) is 6. The zero-order valence-electron chi connectivity index (χ0n) is 8.17. The summed E-state index contributed by atoms with van der Waals surface area (Å²) >= 11 is 0. The van der Waals surface area contributed by atoms with Gasteiger partial charge in [0.1, 0.15) is 0 Å². The Bertz CT molecular complexity index is 256. The van der Waals surface area contributed by atoms with Crippen molar-refractivity contribution in [2.24, 2.45) is 5.92 Å². The van der Waals surface area contributed by atoms with Crippen LogP contribution in [0.2, 0.25) is 0 Å². The highest BCUT2D eigenvalue weighted by Gasteiger charge is 2.52. The van der Waals surface area contributed by atoms with Gasteiger partial charge in [0.05, 0.1) is 13.2 Å². The van der Waals surface area contributed by atoms with Crippen LogP contribution in [0.15, 0.2) is 0 Å². The number of ether oxygens (including phenoxy) is 1. The van der Waals surface area contributed by atoms with Crippen LogP contribution in [0, 0.1) is 16.0 Å². The van der Waals surface area contributed by atoms with Gasteiger partial charge in [-0.25, -0.2) is 0 Å². The van der Waals surface area contributed by atoms with Gasteiger partial charge in [0, 0.05) is 12.0 Å². The Labute approximate surface area is 80.7 Å². The Morgan fingerprint density at radius 1 is 1.64 bits per heavy atom. The van der Waals surface area contributed by atoms with E-state index in [1.807, 2.05) is 0 Å². The first kappa shape index (κ1) is 10.9. The third-order valence-corrected chi connectivity index (χ3v) is 2.22. The van der Waals surface area contributed by atoms with E-state index in [9.17, 15) is 14.9 Å². The molecule has 1 rings (SSSR count). The molecule has 0 amide bonds. The van der Waals surface area contributed by atoms with Crippen LogP contribution in [0.5, 0.6) is 0 Å². The lowest BCUT2D eigenvalue weighted by Crippen LogP contribution is -2.41. The van der Waals surface area contributed by atoms with Gasteiger partial charge in [-0.05, 0) is 6.92 Å². The van der Waals surface area contributed by atoms with Crippen molar-refractivity contribution in [1.29, 1.82) is 0 Å². The van der Waals surface area contributed by atoms with Crippen LogP contribution in [-0.2, 0) is 14.4 Å². The first-order valence-electron chi connectivity index (χ1n) is 4.10. The number of nitro groups is 1. The maximum absolute atomic E-state index is 11.3. The van der Waals surface area contributed by atoms with Gasteiger partial charge in [0.2, 0.25) is 0 Å². The van der Waals surface area contributed by atoms with Crippen molar-refractivity contribution in [2.75, 3.05) is 14.2 Å². The van der Waals surface area contributed by atoms with E-state index < -0.39 is 29.1 Å². The number of hydroxylamine groups is 2. The Balaban J connectivity index is 2.89. The second kappa shape index (κ2) is 3.89. The zero-order chi connectivity index (χ0) is 10.9. The fraction of sp³-hybridized carbons (Fsp3) is 0.857. The van der Waals surface area contributed by atoms with E-state index in [0.29, 0.717) is 0 Å². The standard InChI is InChI=1S/C7H12N2O5/c1-4-5(7(10)13-3)6(9(11)12)8(2)14-4/h4-6H,1-3H3/t4-,5-,6+/m1/s1. The van der Waals surface area contributed by atoms with Crippen LogP contribution < -0.4 is 0 Å². The summed E-state index contributed by atoms with van der Waals surface area (Å²) in [6.07, 6.45) is -1.71. The maximum atomic E-state index is 11.3. The molecule has 14 heavy (non-hydrogen) atoms. The highest BCUT2D eigenvalue weighted by Crippen LogP contribution is 2.27. The van der Waals surface area contributed by atoms with E-state index >= 15 is 0 Å². The number of carbonyl (C=O) groups is 1. The quantitative estimate of drug-likeness (QED) is 0.347. The van der Waals surface area contributed by atoms with Gasteiger partial charge in [0.15, 0.2) is 5.92 Å². The minimum absolute atomic E-state index is 0.539. The average Bonchev–Trinajstić information content (AvgIpc) is 2.39. The molecule has 0 radical (unpaired) electrons. The fourth-order valence-electron chi connectivity index (χ4n) is 1.57. The second-order valence-corrected chi connectivity index (χ2v) is 3.10. The van der Waals surface area contributed by atoms with Crippen LogP contribution in [0.3, 0.4) is 0 Å². The minimum Gasteiger partial charge on any atom is -0.468 e. The van der Waals surface area contributed by atoms with Gasteiger partial charge in [-0.3, -0.25) is 19.7 Å². The average molecular weight is 204 g/mol. The summed E-state index contributed by atoms with van der Waals surface area (Å²) in [5.74, 6) is -1.50. The highest BCUT2D eigenvalue weighted by molar-refractivity contribution is 5.73. The minimum atomic E-state index is -1.17. The molecule has 7 heteroatoms. The molecular weight excluding hydrogens is 192 g/mol. The van der Waals surface area contributed by atoms with E-state index in [0.717, 1.165) is 5.06 Å². The van der Waals surface area contributed by atoms with Crippen LogP contribution in [0.25, 0.3) is 0 Å². The first-order chi connectivity index (χ1) is 6.49. The number of carbonyl (C=O) groups excluding carboxylic acids is 1. The van der Waals surface area contributed by atoms with E-state index in [-0.39, 0.29) is 0 Å². The molecule has 0 N–H and O–H groups in total. The first-order valence-corrected chi connectivity index (χ1v) is 4.10. The Hall–Kier alpha value is -1.21. The van der Waals surface area contributed by atoms with Crippen LogP contribution in [0.1, 0.15) is 6.92 Å². The molecule has 1 heterocycles. The number of rotatable bonds is 2. The van der Waals surface area contributed by atoms with Crippen molar-refractivity contribution in [1.82, 2.24) is 5.06 Å². The maximum Gasteiger partial charge on any atom is 0.320 e. The smallest absolute Gasteiger partial charge is 0.320 e. The lowest BCUT2D eigenvalue weighted by molar-refractivity contribution is -0.563. The van der Waals surface area contributed by atoms with Gasteiger partial charge in [0.25, 0.3) is 0 Å². The second-order valence-electron chi connectivity index (χ2n) is 3.10. The summed E-state index contributed by atoms with van der Waals surface area (Å²) in [5, 5.41) is 11.7. The molecule has 7 nitrogen and oxygen atoms in total. The van der Waals surface area contributed by atoms with E-state index in [4.69, 9.17) is 4.84 Å². The lowest BCUT2D eigenvalue weighted by Gasteiger charge is -2.12. The molecule has 0 aliphatic carbocycles. The monoisotopic (exact) mass is 204 g/mol. The molecule has 0 aromatic heterocycles. The Morgan fingerprint density at radius 3 is 2.64 bits per heavy atom. The van der Waals surface area contributed by atoms with Gasteiger partial charge in [-0.1, -0.05) is 0 Å². The third kappa shape index (κ3) is 1.68. The highest BCUT2D eigenvalue weighted by atomic mass is 16.7. The fourth-order valence-corrected chi connectivity index (χ4v) is 1.57. The molecule has 0 aromatic rings. The molecular formula is C7H12N2O5. The normalized spacial score (nSPS) is 32.9. The van der Waals surface area contributed by atoms with Crippen LogP contribution in [-0.4, -0.2) is 42.4 Å². The van der Waals surface area contributed by atoms with Crippen molar-refractivity contribution in [3.8, 4) is 0 Å². The number of hydrogen-bond donors (Lipinski definition) is 0. The third-order valence-electron chi connectivity index (χ3n) is 2.22. The van der Waals surface area contributed by atoms with Gasteiger partial charge >= 0.3 is 12.1 Å². The summed E-state index contributed by atoms with van der Waals surface area (Å²) in [7, 11) is 2.62. The molecule has 1 aliphatic heterocycles. The topological polar surface area (TPSA) is 81.9 Å². The molecule has 0 unspecified atom stereocenters. The Morgan fingerprint density at radius 2 is 2.21 bits per heavy atom. The van der Waals surface area contributed by atoms with Crippen molar-refractivity contribution in [3.05, 3.63) is 10.1 Å². The molecule has 0 saturated carbocycles. The summed E-state index contributed by atoms with van der Waals surface area (Å²) < 4.78 is 4.48. The summed E-state index contributed by atoms with van der Waals surface area (Å²) in [6, 6.07) is 0. The van der Waals surface area contributed by atoms with Crippen molar-refractivity contribution in [2.45, 2.75) is 19.2 Å². The summed E-state index contributed by atoms with van der Waals surface area (Å²) in [6.45, 7) is 1.60. The number of nitrogens with zero attached hydrogens (tertiary/aromatic N) is 2. The van der Waals surface area contributed by atoms with Gasteiger partial charge < -0.3 is 4.74 Å². The molecule has 80 valence electrons. The lowest BCUT2D eigenvalue weighted by atomic mass is 10.0. The molecule has 3 atom stereocenters. The van der Waals surface area contributed by atoms with E-state index in [1.165, 1.54) is 14.2 Å². The zero-order valence-corrected chi connectivity index (χ0v) is 8.17. The molecule has 0 spiro atoms. The largest absolute Gasteiger partial charge is 0.468 e. The van der Waals surface area contributed by atoms with Gasteiger partial charge in [-0.2, -0.15) is 0 Å². The van der Waals surface area contributed by atoms with Crippen LogP contribution >= 0.6 is 0 Å². The molecule has 0 bridgehead atoms. The van der Waals surface area contributed by atoms with Gasteiger partial charge in [-0.15, -0.1) is 5.06 Å². The molecule has 1 saturated heterocycles. The van der Waals surface area contributed by atoms with Crippen molar-refractivity contribution < 1.29 is 19.3 Å². The van der Waals surface area contributed by atoms with E-state index in [2.05, 4.69) is 4.74 Å². The number of methoxy groups -OCH3 is 1. The van der Waals surface area contributed by atoms with Crippen LogP contribution in [0.4, 0.5) is 0 Å². The predicted molar refractivity (Wildman–Crippen MR) is 44.6 cm³/mol. The molecule has 0 aromatic carbocycles. The summed E-state index contributed by atoms with van der Waals surface area (Å²) in [5.41, 5.74) is 0. The SMILES string of the molecule is COC(=O)[C@@H]1[C@@H](C)ON(C)[C@H]1[N+](=O)[O-]. The van der Waals surface area contributed by atoms with Crippen molar-refractivity contribution in [3.63, 3.8) is 0 Å². The molecule has 1 fully saturated rings. The van der Waals surface area contributed by atoms with Crippen molar-refractivity contribution >= 4 is 5.97 Å². The number of esters is 1. The Kier molecular flexibility index (Phi) is 3.02. The van der Waals surface area contributed by atoms with E-state index in [1.54, 1.807) is 6.92 Å².